The molecule has 1 fully saturated rings. The Morgan fingerprint density at radius 2 is 1.85 bits per heavy atom. The van der Waals surface area contributed by atoms with Crippen LogP contribution in [0, 0.1) is 17.6 Å². The highest BCUT2D eigenvalue weighted by atomic mass is 19.1. The molecule has 142 valence electrons. The number of rotatable bonds is 6. The van der Waals surface area contributed by atoms with Crippen molar-refractivity contribution in [3.63, 3.8) is 0 Å². The third-order valence-corrected chi connectivity index (χ3v) is 4.34. The lowest BCUT2D eigenvalue weighted by molar-refractivity contribution is -0.134. The number of benzene rings is 1. The Morgan fingerprint density at radius 3 is 2.46 bits per heavy atom. The molecule has 8 heteroatoms. The number of halogens is 2. The number of nitrogens with one attached hydrogen (secondary N) is 2. The van der Waals surface area contributed by atoms with Crippen LogP contribution in [0.1, 0.15) is 36.5 Å². The molecule has 1 aromatic carbocycles. The molecule has 0 saturated carbocycles. The van der Waals surface area contributed by atoms with Crippen molar-refractivity contribution < 1.29 is 23.2 Å². The van der Waals surface area contributed by atoms with E-state index in [1.165, 1.54) is 0 Å². The molecule has 3 amide bonds. The van der Waals surface area contributed by atoms with Crippen LogP contribution in [0.2, 0.25) is 0 Å². The molecular weight excluding hydrogens is 344 g/mol. The van der Waals surface area contributed by atoms with Gasteiger partial charge < -0.3 is 15.5 Å². The maximum atomic E-state index is 13.6. The van der Waals surface area contributed by atoms with Crippen LogP contribution in [-0.4, -0.2) is 48.8 Å². The summed E-state index contributed by atoms with van der Waals surface area (Å²) in [5, 5.41) is 5.20. The van der Waals surface area contributed by atoms with Gasteiger partial charge in [-0.15, -0.1) is 0 Å². The number of likely N-dealkylation sites (tertiary alicyclic amines) is 1. The molecule has 0 aliphatic carbocycles. The molecule has 6 nitrogen and oxygen atoms in total. The number of hydrogen-bond donors (Lipinski definition) is 2. The summed E-state index contributed by atoms with van der Waals surface area (Å²) < 4.78 is 26.4. The van der Waals surface area contributed by atoms with E-state index in [1.807, 2.05) is 6.92 Å². The molecule has 0 radical (unpaired) electrons. The standard InChI is InChI=1S/C18H23F2N3O3/c1-2-7-21-17(25)12-5-8-23(9-6-12)16(24)11-22-18(26)14-4-3-13(19)10-15(14)20/h3-4,10,12H,2,5-9,11H2,1H3,(H,21,25)(H,22,26). The lowest BCUT2D eigenvalue weighted by atomic mass is 9.96. The van der Waals surface area contributed by atoms with Crippen LogP contribution in [0.25, 0.3) is 0 Å². The molecule has 26 heavy (non-hydrogen) atoms. The number of carbonyl (C=O) groups excluding carboxylic acids is 3. The van der Waals surface area contributed by atoms with Gasteiger partial charge in [-0.05, 0) is 31.4 Å². The summed E-state index contributed by atoms with van der Waals surface area (Å²) in [6, 6.07) is 2.63. The predicted octanol–water partition coefficient (Wildman–Crippen LogP) is 1.46. The monoisotopic (exact) mass is 367 g/mol. The van der Waals surface area contributed by atoms with E-state index in [2.05, 4.69) is 10.6 Å². The minimum absolute atomic E-state index is 0.0130. The second-order valence-corrected chi connectivity index (χ2v) is 6.25. The van der Waals surface area contributed by atoms with E-state index < -0.39 is 17.5 Å². The molecule has 1 aromatic rings. The van der Waals surface area contributed by atoms with E-state index in [9.17, 15) is 23.2 Å². The molecule has 0 atom stereocenters. The summed E-state index contributed by atoms with van der Waals surface area (Å²) in [6.07, 6.45) is 2.01. The van der Waals surface area contributed by atoms with E-state index in [4.69, 9.17) is 0 Å². The number of piperidine rings is 1. The molecule has 1 aliphatic heterocycles. The van der Waals surface area contributed by atoms with Crippen LogP contribution in [0.5, 0.6) is 0 Å². The SMILES string of the molecule is CCCNC(=O)C1CCN(C(=O)CNC(=O)c2ccc(F)cc2F)CC1. The third kappa shape index (κ3) is 5.24. The van der Waals surface area contributed by atoms with Gasteiger partial charge in [-0.25, -0.2) is 8.78 Å². The zero-order chi connectivity index (χ0) is 19.1. The molecule has 0 spiro atoms. The van der Waals surface area contributed by atoms with Gasteiger partial charge in [-0.2, -0.15) is 0 Å². The molecule has 2 N–H and O–H groups in total. The minimum Gasteiger partial charge on any atom is -0.356 e. The van der Waals surface area contributed by atoms with Crippen molar-refractivity contribution >= 4 is 17.7 Å². The molecule has 0 aromatic heterocycles. The largest absolute Gasteiger partial charge is 0.356 e. The van der Waals surface area contributed by atoms with Crippen molar-refractivity contribution in [1.29, 1.82) is 0 Å². The first kappa shape index (κ1) is 19.8. The Kier molecular flexibility index (Phi) is 7.06. The molecule has 1 aliphatic rings. The average Bonchev–Trinajstić information content (AvgIpc) is 2.64. The molecule has 0 bridgehead atoms. The lowest BCUT2D eigenvalue weighted by Crippen LogP contribution is -2.46. The van der Waals surface area contributed by atoms with Crippen LogP contribution in [-0.2, 0) is 9.59 Å². The Labute approximate surface area is 150 Å². The van der Waals surface area contributed by atoms with Crippen molar-refractivity contribution in [3.05, 3.63) is 35.4 Å². The fourth-order valence-corrected chi connectivity index (χ4v) is 2.82. The van der Waals surface area contributed by atoms with Crippen molar-refractivity contribution in [3.8, 4) is 0 Å². The predicted molar refractivity (Wildman–Crippen MR) is 91.3 cm³/mol. The van der Waals surface area contributed by atoms with Crippen LogP contribution >= 0.6 is 0 Å². The first-order chi connectivity index (χ1) is 12.4. The summed E-state index contributed by atoms with van der Waals surface area (Å²) in [5.74, 6) is -2.92. The fraction of sp³-hybridized carbons (Fsp3) is 0.500. The topological polar surface area (TPSA) is 78.5 Å². The van der Waals surface area contributed by atoms with Crippen LogP contribution < -0.4 is 10.6 Å². The van der Waals surface area contributed by atoms with E-state index in [1.54, 1.807) is 4.90 Å². The smallest absolute Gasteiger partial charge is 0.254 e. The number of amides is 3. The second-order valence-electron chi connectivity index (χ2n) is 6.25. The molecule has 1 saturated heterocycles. The summed E-state index contributed by atoms with van der Waals surface area (Å²) in [7, 11) is 0. The molecule has 1 heterocycles. The van der Waals surface area contributed by atoms with Gasteiger partial charge in [0.25, 0.3) is 5.91 Å². The number of hydrogen-bond acceptors (Lipinski definition) is 3. The molecule has 2 rings (SSSR count). The van der Waals surface area contributed by atoms with Gasteiger partial charge in [0.2, 0.25) is 11.8 Å². The average molecular weight is 367 g/mol. The third-order valence-electron chi connectivity index (χ3n) is 4.34. The van der Waals surface area contributed by atoms with E-state index in [0.29, 0.717) is 38.5 Å². The Hall–Kier alpha value is -2.51. The number of carbonyl (C=O) groups is 3. The summed E-state index contributed by atoms with van der Waals surface area (Å²) in [6.45, 7) is 3.22. The number of nitrogens with zero attached hydrogens (tertiary/aromatic N) is 1. The Balaban J connectivity index is 1.78. The normalized spacial score (nSPS) is 14.8. The molecule has 0 unspecified atom stereocenters. The van der Waals surface area contributed by atoms with Crippen LogP contribution in [0.3, 0.4) is 0 Å². The first-order valence-electron chi connectivity index (χ1n) is 8.71. The van der Waals surface area contributed by atoms with Gasteiger partial charge in [-0.3, -0.25) is 14.4 Å². The quantitative estimate of drug-likeness (QED) is 0.799. The Bertz CT molecular complexity index is 674. The first-order valence-corrected chi connectivity index (χ1v) is 8.71. The molecular formula is C18H23F2N3O3. The maximum Gasteiger partial charge on any atom is 0.254 e. The van der Waals surface area contributed by atoms with Gasteiger partial charge in [0, 0.05) is 31.6 Å². The van der Waals surface area contributed by atoms with Crippen molar-refractivity contribution in [1.82, 2.24) is 15.5 Å². The van der Waals surface area contributed by atoms with Crippen LogP contribution in [0.4, 0.5) is 8.78 Å². The Morgan fingerprint density at radius 1 is 1.15 bits per heavy atom. The zero-order valence-corrected chi connectivity index (χ0v) is 14.7. The lowest BCUT2D eigenvalue weighted by Gasteiger charge is -2.31. The van der Waals surface area contributed by atoms with Gasteiger partial charge in [0.1, 0.15) is 11.6 Å². The van der Waals surface area contributed by atoms with Gasteiger partial charge in [0.05, 0.1) is 12.1 Å². The van der Waals surface area contributed by atoms with E-state index in [0.717, 1.165) is 18.6 Å². The highest BCUT2D eigenvalue weighted by molar-refractivity contribution is 5.96. The van der Waals surface area contributed by atoms with Gasteiger partial charge in [0.15, 0.2) is 0 Å². The summed E-state index contributed by atoms with van der Waals surface area (Å²) in [4.78, 5) is 37.6. The minimum atomic E-state index is -0.978. The highest BCUT2D eigenvalue weighted by Gasteiger charge is 2.27. The van der Waals surface area contributed by atoms with Gasteiger partial charge in [-0.1, -0.05) is 6.92 Å². The summed E-state index contributed by atoms with van der Waals surface area (Å²) in [5.41, 5.74) is -0.314. The van der Waals surface area contributed by atoms with Crippen molar-refractivity contribution in [2.45, 2.75) is 26.2 Å². The van der Waals surface area contributed by atoms with Gasteiger partial charge >= 0.3 is 0 Å². The zero-order valence-electron chi connectivity index (χ0n) is 14.7. The fourth-order valence-electron chi connectivity index (χ4n) is 2.82. The summed E-state index contributed by atoms with van der Waals surface area (Å²) >= 11 is 0. The van der Waals surface area contributed by atoms with E-state index >= 15 is 0 Å². The highest BCUT2D eigenvalue weighted by Crippen LogP contribution is 2.17. The maximum absolute atomic E-state index is 13.6. The van der Waals surface area contributed by atoms with Crippen LogP contribution in [0.15, 0.2) is 18.2 Å². The van der Waals surface area contributed by atoms with Crippen molar-refractivity contribution in [2.75, 3.05) is 26.2 Å². The van der Waals surface area contributed by atoms with E-state index in [-0.39, 0.29) is 29.8 Å². The second kappa shape index (κ2) is 9.26. The van der Waals surface area contributed by atoms with Crippen molar-refractivity contribution in [2.24, 2.45) is 5.92 Å².